The second-order valence-electron chi connectivity index (χ2n) is 3.92. The third-order valence-corrected chi connectivity index (χ3v) is 2.50. The maximum atomic E-state index is 11.6. The van der Waals surface area contributed by atoms with E-state index in [2.05, 4.69) is 25.4 Å². The summed E-state index contributed by atoms with van der Waals surface area (Å²) in [6.45, 7) is 4.36. The second-order valence-corrected chi connectivity index (χ2v) is 3.92. The topological polar surface area (TPSA) is 103 Å². The summed E-state index contributed by atoms with van der Waals surface area (Å²) in [5.41, 5.74) is 0.938. The van der Waals surface area contributed by atoms with Crippen molar-refractivity contribution in [2.24, 2.45) is 0 Å². The summed E-state index contributed by atoms with van der Waals surface area (Å²) in [4.78, 5) is 23.8. The number of hydrogen-bond donors (Lipinski definition) is 1. The molecule has 106 valence electrons. The van der Waals surface area contributed by atoms with Crippen LogP contribution in [0.4, 0.5) is 5.95 Å². The minimum atomic E-state index is -0.414. The maximum Gasteiger partial charge on any atom is 0.341 e. The predicted octanol–water partition coefficient (Wildman–Crippen LogP) is 0.999. The van der Waals surface area contributed by atoms with Crippen LogP contribution >= 0.6 is 0 Å². The van der Waals surface area contributed by atoms with Gasteiger partial charge in [0.05, 0.1) is 17.9 Å². The van der Waals surface area contributed by atoms with Crippen LogP contribution in [0.3, 0.4) is 0 Å². The van der Waals surface area contributed by atoms with Crippen molar-refractivity contribution in [1.29, 1.82) is 0 Å². The largest absolute Gasteiger partial charge is 0.462 e. The van der Waals surface area contributed by atoms with Crippen molar-refractivity contribution in [3.8, 4) is 0 Å². The Balaban J connectivity index is 1.93. The zero-order valence-corrected chi connectivity index (χ0v) is 11.3. The maximum absolute atomic E-state index is 11.6. The molecule has 8 nitrogen and oxygen atoms in total. The average molecular weight is 277 g/mol. The number of ether oxygens (including phenoxy) is 1. The van der Waals surface area contributed by atoms with E-state index in [9.17, 15) is 4.79 Å². The summed E-state index contributed by atoms with van der Waals surface area (Å²) in [6, 6.07) is 0. The monoisotopic (exact) mass is 277 g/mol. The van der Waals surface area contributed by atoms with Crippen molar-refractivity contribution in [2.75, 3.05) is 18.5 Å². The molecule has 2 aromatic heterocycles. The number of nitrogens with one attached hydrogen (secondary N) is 1. The molecule has 0 unspecified atom stereocenters. The quantitative estimate of drug-likeness (QED) is 0.780. The third-order valence-electron chi connectivity index (χ3n) is 2.50. The highest BCUT2D eigenvalue weighted by Crippen LogP contribution is 2.08. The Morgan fingerprint density at radius 1 is 1.45 bits per heavy atom. The van der Waals surface area contributed by atoms with Crippen molar-refractivity contribution < 1.29 is 14.1 Å². The van der Waals surface area contributed by atoms with Crippen molar-refractivity contribution >= 4 is 11.9 Å². The first-order valence-electron chi connectivity index (χ1n) is 6.21. The molecular formula is C12H15N5O3. The number of hydrogen-bond acceptors (Lipinski definition) is 8. The van der Waals surface area contributed by atoms with Gasteiger partial charge in [0.1, 0.15) is 0 Å². The Bertz CT molecular complexity index is 570. The fourth-order valence-electron chi connectivity index (χ4n) is 1.55. The molecule has 0 bridgehead atoms. The standard InChI is InChI=1S/C12H15N5O3/c1-3-19-11(18)9-6-14-12(17-8(9)2)13-5-4-10-15-7-16-20-10/h6-7H,3-5H2,1-2H3,(H,13,14,17). The first kappa shape index (κ1) is 13.9. The van der Waals surface area contributed by atoms with Crippen molar-refractivity contribution in [3.63, 3.8) is 0 Å². The molecule has 0 radical (unpaired) electrons. The molecule has 0 aromatic carbocycles. The van der Waals surface area contributed by atoms with Crippen LogP contribution in [0, 0.1) is 6.92 Å². The van der Waals surface area contributed by atoms with Crippen LogP contribution in [0.2, 0.25) is 0 Å². The summed E-state index contributed by atoms with van der Waals surface area (Å²) >= 11 is 0. The zero-order valence-electron chi connectivity index (χ0n) is 11.3. The molecule has 2 heterocycles. The van der Waals surface area contributed by atoms with E-state index in [1.54, 1.807) is 13.8 Å². The highest BCUT2D eigenvalue weighted by atomic mass is 16.5. The molecule has 0 atom stereocenters. The number of aryl methyl sites for hydroxylation is 1. The molecule has 1 N–H and O–H groups in total. The van der Waals surface area contributed by atoms with Gasteiger partial charge >= 0.3 is 5.97 Å². The van der Waals surface area contributed by atoms with Crippen molar-refractivity contribution in [2.45, 2.75) is 20.3 Å². The van der Waals surface area contributed by atoms with E-state index in [0.29, 0.717) is 42.7 Å². The molecule has 20 heavy (non-hydrogen) atoms. The summed E-state index contributed by atoms with van der Waals surface area (Å²) in [6.07, 6.45) is 3.38. The van der Waals surface area contributed by atoms with Crippen LogP contribution in [-0.2, 0) is 11.2 Å². The third kappa shape index (κ3) is 3.50. The summed E-state index contributed by atoms with van der Waals surface area (Å²) in [7, 11) is 0. The van der Waals surface area contributed by atoms with Crippen LogP contribution in [0.5, 0.6) is 0 Å². The Morgan fingerprint density at radius 2 is 2.30 bits per heavy atom. The summed E-state index contributed by atoms with van der Waals surface area (Å²) in [5.74, 6) is 0.565. The molecule has 0 fully saturated rings. The molecule has 8 heteroatoms. The number of nitrogens with zero attached hydrogens (tertiary/aromatic N) is 4. The number of rotatable bonds is 6. The first-order chi connectivity index (χ1) is 9.70. The molecule has 0 saturated heterocycles. The van der Waals surface area contributed by atoms with Gasteiger partial charge in [0.15, 0.2) is 6.33 Å². The molecule has 2 rings (SSSR count). The normalized spacial score (nSPS) is 10.3. The molecule has 0 saturated carbocycles. The second kappa shape index (κ2) is 6.60. The molecule has 2 aromatic rings. The van der Waals surface area contributed by atoms with Gasteiger partial charge in [0, 0.05) is 19.2 Å². The Morgan fingerprint density at radius 3 is 2.95 bits per heavy atom. The van der Waals surface area contributed by atoms with Crippen LogP contribution in [0.15, 0.2) is 17.0 Å². The molecule has 0 spiro atoms. The van der Waals surface area contributed by atoms with Gasteiger partial charge in [0.2, 0.25) is 11.8 Å². The van der Waals surface area contributed by atoms with Gasteiger partial charge in [-0.15, -0.1) is 0 Å². The SMILES string of the molecule is CCOC(=O)c1cnc(NCCc2ncno2)nc1C. The number of carbonyl (C=O) groups is 1. The molecular weight excluding hydrogens is 262 g/mol. The highest BCUT2D eigenvalue weighted by molar-refractivity contribution is 5.90. The lowest BCUT2D eigenvalue weighted by molar-refractivity contribution is 0.0524. The molecule has 0 amide bonds. The van der Waals surface area contributed by atoms with Crippen molar-refractivity contribution in [3.05, 3.63) is 29.7 Å². The van der Waals surface area contributed by atoms with E-state index in [1.165, 1.54) is 12.5 Å². The Labute approximate surface area is 115 Å². The van der Waals surface area contributed by atoms with E-state index in [4.69, 9.17) is 9.26 Å². The minimum absolute atomic E-state index is 0.322. The summed E-state index contributed by atoms with van der Waals surface area (Å²) < 4.78 is 9.78. The fourth-order valence-corrected chi connectivity index (χ4v) is 1.55. The van der Waals surface area contributed by atoms with E-state index >= 15 is 0 Å². The Kier molecular flexibility index (Phi) is 4.59. The van der Waals surface area contributed by atoms with E-state index in [0.717, 1.165) is 0 Å². The van der Waals surface area contributed by atoms with Crippen LogP contribution in [-0.4, -0.2) is 39.2 Å². The molecule has 0 aliphatic rings. The molecule has 0 aliphatic heterocycles. The average Bonchev–Trinajstić information content (AvgIpc) is 2.92. The van der Waals surface area contributed by atoms with Gasteiger partial charge in [-0.25, -0.2) is 14.8 Å². The number of carbonyl (C=O) groups excluding carboxylic acids is 1. The zero-order chi connectivity index (χ0) is 14.4. The van der Waals surface area contributed by atoms with Gasteiger partial charge in [-0.05, 0) is 13.8 Å². The van der Waals surface area contributed by atoms with Crippen LogP contribution in [0.25, 0.3) is 0 Å². The summed E-state index contributed by atoms with van der Waals surface area (Å²) in [5, 5.41) is 6.53. The molecule has 0 aliphatic carbocycles. The highest BCUT2D eigenvalue weighted by Gasteiger charge is 2.12. The lowest BCUT2D eigenvalue weighted by Crippen LogP contribution is -2.12. The van der Waals surface area contributed by atoms with Crippen LogP contribution in [0.1, 0.15) is 28.9 Å². The first-order valence-corrected chi connectivity index (χ1v) is 6.21. The van der Waals surface area contributed by atoms with E-state index in [1.807, 2.05) is 0 Å². The van der Waals surface area contributed by atoms with Gasteiger partial charge in [-0.2, -0.15) is 4.98 Å². The van der Waals surface area contributed by atoms with E-state index < -0.39 is 5.97 Å². The Hall–Kier alpha value is -2.51. The lowest BCUT2D eigenvalue weighted by atomic mass is 10.2. The van der Waals surface area contributed by atoms with Gasteiger partial charge in [-0.1, -0.05) is 5.16 Å². The fraction of sp³-hybridized carbons (Fsp3) is 0.417. The van der Waals surface area contributed by atoms with Crippen LogP contribution < -0.4 is 5.32 Å². The predicted molar refractivity (Wildman–Crippen MR) is 69.2 cm³/mol. The van der Waals surface area contributed by atoms with Gasteiger partial charge in [0.25, 0.3) is 0 Å². The van der Waals surface area contributed by atoms with E-state index in [-0.39, 0.29) is 0 Å². The van der Waals surface area contributed by atoms with Crippen molar-refractivity contribution in [1.82, 2.24) is 20.1 Å². The smallest absolute Gasteiger partial charge is 0.341 e. The van der Waals surface area contributed by atoms with Gasteiger partial charge < -0.3 is 14.6 Å². The lowest BCUT2D eigenvalue weighted by Gasteiger charge is -2.07. The minimum Gasteiger partial charge on any atom is -0.462 e. The number of anilines is 1. The number of aromatic nitrogens is 4. The number of esters is 1. The van der Waals surface area contributed by atoms with Gasteiger partial charge in [-0.3, -0.25) is 0 Å².